The van der Waals surface area contributed by atoms with Crippen molar-refractivity contribution >= 4 is 45.5 Å². The molecule has 0 bridgehead atoms. The van der Waals surface area contributed by atoms with Gasteiger partial charge in [-0.1, -0.05) is 15.9 Å². The van der Waals surface area contributed by atoms with E-state index in [4.69, 9.17) is 0 Å². The van der Waals surface area contributed by atoms with E-state index in [-0.39, 0.29) is 4.83 Å². The first-order valence-corrected chi connectivity index (χ1v) is 7.83. The van der Waals surface area contributed by atoms with E-state index in [9.17, 15) is 4.79 Å². The molecule has 0 aliphatic rings. The molecule has 9 heavy (non-hydrogen) atoms. The smallest absolute Gasteiger partial charge is 0.134 e. The van der Waals surface area contributed by atoms with E-state index >= 15 is 0 Å². The highest BCUT2D eigenvalue weighted by molar-refractivity contribution is 9.58. The van der Waals surface area contributed by atoms with Gasteiger partial charge >= 0.3 is 0 Å². The lowest BCUT2D eigenvalue weighted by atomic mass is 10.6. The monoisotopic (exact) mass is 276 g/mol. The van der Waals surface area contributed by atoms with Gasteiger partial charge in [0, 0.05) is 5.75 Å². The van der Waals surface area contributed by atoms with Crippen molar-refractivity contribution in [3.63, 3.8) is 0 Å². The molecule has 0 aromatic heterocycles. The van der Waals surface area contributed by atoms with Gasteiger partial charge in [-0.2, -0.15) is 8.46 Å². The Labute approximate surface area is 73.2 Å². The van der Waals surface area contributed by atoms with Gasteiger partial charge in [0.1, 0.15) is 6.29 Å². The maximum Gasteiger partial charge on any atom is 0.134 e. The molecule has 0 N–H and O–H groups in total. The zero-order valence-electron chi connectivity index (χ0n) is 5.43. The number of carbonyl (C=O) groups excluding carboxylic acids is 1. The van der Waals surface area contributed by atoms with E-state index in [1.165, 1.54) is 0 Å². The van der Waals surface area contributed by atoms with Crippen LogP contribution in [0.15, 0.2) is 0 Å². The van der Waals surface area contributed by atoms with E-state index in [1.54, 1.807) is 0 Å². The first kappa shape index (κ1) is 9.98. The fraction of sp³-hybridized carbons (Fsp3) is 0.800. The Morgan fingerprint density at radius 3 is 2.22 bits per heavy atom. The van der Waals surface area contributed by atoms with Gasteiger partial charge in [0.15, 0.2) is 0 Å². The maximum absolute atomic E-state index is 10.1. The molecule has 0 spiro atoms. The van der Waals surface area contributed by atoms with Crippen molar-refractivity contribution in [2.24, 2.45) is 0 Å². The van der Waals surface area contributed by atoms with Crippen LogP contribution in [-0.4, -0.2) is 29.4 Å². The molecule has 0 aromatic carbocycles. The predicted octanol–water partition coefficient (Wildman–Crippen LogP) is 2.32. The summed E-state index contributed by atoms with van der Waals surface area (Å²) in [7, 11) is -0.701. The van der Waals surface area contributed by atoms with Gasteiger partial charge in [-0.3, -0.25) is 0 Å². The molecule has 0 aliphatic carbocycles. The third kappa shape index (κ3) is 6.87. The van der Waals surface area contributed by atoms with Crippen molar-refractivity contribution < 1.29 is 4.79 Å². The van der Waals surface area contributed by atoms with Crippen LogP contribution in [0.25, 0.3) is 0 Å². The van der Waals surface area contributed by atoms with Gasteiger partial charge in [-0.15, -0.1) is 0 Å². The summed E-state index contributed by atoms with van der Waals surface area (Å²) in [4.78, 5) is 10.1. The summed E-state index contributed by atoms with van der Waals surface area (Å²) in [5.74, 6) is 0.899. The molecule has 0 amide bonds. The Morgan fingerprint density at radius 2 is 2.11 bits per heavy atom. The number of hydrogen-bond acceptors (Lipinski definition) is 1. The van der Waals surface area contributed by atoms with Crippen LogP contribution in [0.4, 0.5) is 0 Å². The lowest BCUT2D eigenvalue weighted by molar-refractivity contribution is -0.107. The van der Waals surface area contributed by atoms with Crippen molar-refractivity contribution in [1.29, 1.82) is 0 Å². The Hall–Kier alpha value is 0.980. The Morgan fingerprint density at radius 1 is 1.67 bits per heavy atom. The van der Waals surface area contributed by atoms with Gasteiger partial charge in [0.05, 0.1) is 4.83 Å². The minimum absolute atomic E-state index is 0.0156. The highest BCUT2D eigenvalue weighted by Crippen LogP contribution is 2.48. The van der Waals surface area contributed by atoms with Crippen molar-refractivity contribution in [2.75, 3.05) is 18.3 Å². The predicted molar refractivity (Wildman–Crippen MR) is 52.0 cm³/mol. The lowest BCUT2D eigenvalue weighted by Crippen LogP contribution is -2.08. The first-order valence-electron chi connectivity index (χ1n) is 2.45. The Kier molecular flexibility index (Phi) is 4.42. The lowest BCUT2D eigenvalue weighted by Gasteiger charge is -2.22. The molecule has 1 atom stereocenters. The molecular formula is C5H10Br2OS. The summed E-state index contributed by atoms with van der Waals surface area (Å²) in [6.07, 6.45) is 5.16. The number of halogens is 2. The average molecular weight is 278 g/mol. The number of carbonyl (C=O) groups is 1. The van der Waals surface area contributed by atoms with Crippen LogP contribution < -0.4 is 0 Å². The molecule has 0 aliphatic heterocycles. The normalized spacial score (nSPS) is 16.9. The second kappa shape index (κ2) is 3.98. The molecule has 0 heterocycles. The van der Waals surface area contributed by atoms with Gasteiger partial charge < -0.3 is 4.79 Å². The third-order valence-corrected chi connectivity index (χ3v) is 3.62. The molecule has 0 saturated heterocycles. The molecule has 1 unspecified atom stereocenters. The van der Waals surface area contributed by atoms with Crippen molar-refractivity contribution in [3.8, 4) is 0 Å². The highest BCUT2D eigenvalue weighted by Gasteiger charge is 2.12. The largest absolute Gasteiger partial charge is 0.302 e. The molecule has 1 nitrogen and oxygen atoms in total. The molecule has 0 aromatic rings. The van der Waals surface area contributed by atoms with Crippen LogP contribution in [0, 0.1) is 0 Å². The molecule has 0 fully saturated rings. The maximum atomic E-state index is 10.1. The minimum atomic E-state index is -0.701. The van der Waals surface area contributed by atoms with E-state index in [0.29, 0.717) is 0 Å². The molecule has 56 valence electrons. The van der Waals surface area contributed by atoms with E-state index < -0.39 is 8.46 Å². The second-order valence-electron chi connectivity index (χ2n) is 2.22. The van der Waals surface area contributed by atoms with Gasteiger partial charge in [-0.05, 0) is 27.3 Å². The Bertz CT molecular complexity index is 99.6. The zero-order valence-corrected chi connectivity index (χ0v) is 9.42. The highest BCUT2D eigenvalue weighted by atomic mass is 79.9. The first-order chi connectivity index (χ1) is 3.95. The van der Waals surface area contributed by atoms with Crippen LogP contribution in [0.5, 0.6) is 0 Å². The fourth-order valence-corrected chi connectivity index (χ4v) is 5.15. The SMILES string of the molecule is CS(C)(Br)CC(Br)C=O. The number of hydrogen-bond donors (Lipinski definition) is 0. The number of rotatable bonds is 3. The van der Waals surface area contributed by atoms with E-state index in [0.717, 1.165) is 12.0 Å². The van der Waals surface area contributed by atoms with E-state index in [1.807, 2.05) is 0 Å². The second-order valence-corrected chi connectivity index (χ2v) is 11.8. The molecule has 0 saturated carbocycles. The minimum Gasteiger partial charge on any atom is -0.302 e. The van der Waals surface area contributed by atoms with Crippen LogP contribution >= 0.6 is 39.2 Å². The molecule has 0 radical (unpaired) electrons. The van der Waals surface area contributed by atoms with Crippen LogP contribution in [0.2, 0.25) is 0 Å². The quantitative estimate of drug-likeness (QED) is 0.572. The van der Waals surface area contributed by atoms with E-state index in [2.05, 4.69) is 43.3 Å². The summed E-state index contributed by atoms with van der Waals surface area (Å²) in [5.41, 5.74) is 0. The number of alkyl halides is 1. The topological polar surface area (TPSA) is 17.1 Å². The van der Waals surface area contributed by atoms with Gasteiger partial charge in [-0.25, -0.2) is 0 Å². The number of aldehydes is 1. The summed E-state index contributed by atoms with van der Waals surface area (Å²) >= 11 is 6.75. The standard InChI is InChI=1S/C5H10Br2OS/c1-9(2,7)4-5(6)3-8/h3,5H,4H2,1-2H3. The van der Waals surface area contributed by atoms with Gasteiger partial charge in [0.25, 0.3) is 0 Å². The van der Waals surface area contributed by atoms with Crippen LogP contribution in [-0.2, 0) is 4.79 Å². The summed E-state index contributed by atoms with van der Waals surface area (Å²) in [5, 5.41) is 0. The van der Waals surface area contributed by atoms with Crippen LogP contribution in [0.3, 0.4) is 0 Å². The van der Waals surface area contributed by atoms with Crippen LogP contribution in [0.1, 0.15) is 0 Å². The third-order valence-electron chi connectivity index (χ3n) is 0.703. The summed E-state index contributed by atoms with van der Waals surface area (Å²) in [6.45, 7) is 0. The van der Waals surface area contributed by atoms with Crippen molar-refractivity contribution in [1.82, 2.24) is 0 Å². The van der Waals surface area contributed by atoms with Crippen molar-refractivity contribution in [2.45, 2.75) is 4.83 Å². The average Bonchev–Trinajstić information content (AvgIpc) is 1.62. The Balaban J connectivity index is 3.59. The molecule has 4 heteroatoms. The van der Waals surface area contributed by atoms with Gasteiger partial charge in [0.2, 0.25) is 0 Å². The van der Waals surface area contributed by atoms with Crippen molar-refractivity contribution in [3.05, 3.63) is 0 Å². The fourth-order valence-electron chi connectivity index (χ4n) is 0.418. The molecular weight excluding hydrogens is 268 g/mol. The summed E-state index contributed by atoms with van der Waals surface area (Å²) < 4.78 is 0. The zero-order chi connectivity index (χ0) is 7.49. The summed E-state index contributed by atoms with van der Waals surface area (Å²) in [6, 6.07) is 0. The molecule has 0 rings (SSSR count).